The van der Waals surface area contributed by atoms with Crippen LogP contribution in [0.5, 0.6) is 11.5 Å². The fraction of sp³-hybridized carbons (Fsp3) is 0.111. The number of aromatic amines is 1. The molecule has 2 aromatic carbocycles. The van der Waals surface area contributed by atoms with E-state index in [9.17, 15) is 9.90 Å². The molecule has 1 heterocycles. The molecule has 0 fully saturated rings. The van der Waals surface area contributed by atoms with E-state index in [0.717, 1.165) is 0 Å². The molecule has 0 aliphatic carbocycles. The number of hydrazone groups is 1. The van der Waals surface area contributed by atoms with Gasteiger partial charge in [0.25, 0.3) is 5.56 Å². The van der Waals surface area contributed by atoms with Crippen molar-refractivity contribution in [1.82, 2.24) is 15.2 Å². The zero-order valence-electron chi connectivity index (χ0n) is 14.3. The fourth-order valence-electron chi connectivity index (χ4n) is 2.27. The van der Waals surface area contributed by atoms with E-state index in [1.807, 2.05) is 25.1 Å². The second-order valence-corrected chi connectivity index (χ2v) is 6.22. The minimum Gasteiger partial charge on any atom is -0.503 e. The van der Waals surface area contributed by atoms with Crippen LogP contribution in [0.2, 0.25) is 0 Å². The normalized spacial score (nSPS) is 10.9. The van der Waals surface area contributed by atoms with Gasteiger partial charge in [0, 0.05) is 5.56 Å². The van der Waals surface area contributed by atoms with Crippen LogP contribution < -0.4 is 15.7 Å². The number of ether oxygens (including phenoxy) is 1. The zero-order chi connectivity index (χ0) is 19.2. The number of hydrogen-bond acceptors (Lipinski definition) is 7. The van der Waals surface area contributed by atoms with Gasteiger partial charge in [-0.2, -0.15) is 5.10 Å². The van der Waals surface area contributed by atoms with Gasteiger partial charge in [0.15, 0.2) is 17.2 Å². The van der Waals surface area contributed by atoms with Crippen LogP contribution in [0.25, 0.3) is 11.3 Å². The summed E-state index contributed by atoms with van der Waals surface area (Å²) in [5, 5.41) is 21.8. The Morgan fingerprint density at radius 2 is 2.07 bits per heavy atom. The molecular weight excluding hydrogens is 414 g/mol. The fourth-order valence-corrected chi connectivity index (χ4v) is 2.73. The van der Waals surface area contributed by atoms with Crippen molar-refractivity contribution in [3.63, 3.8) is 0 Å². The van der Waals surface area contributed by atoms with Crippen LogP contribution in [0, 0.1) is 0 Å². The second kappa shape index (κ2) is 8.45. The minimum atomic E-state index is -0.375. The van der Waals surface area contributed by atoms with Crippen molar-refractivity contribution in [3.05, 3.63) is 62.9 Å². The topological polar surface area (TPSA) is 112 Å². The molecule has 0 radical (unpaired) electrons. The summed E-state index contributed by atoms with van der Waals surface area (Å²) in [6.07, 6.45) is 1.50. The van der Waals surface area contributed by atoms with Gasteiger partial charge in [-0.05, 0) is 40.5 Å². The molecule has 8 nitrogen and oxygen atoms in total. The molecule has 3 rings (SSSR count). The van der Waals surface area contributed by atoms with E-state index in [1.54, 1.807) is 24.3 Å². The van der Waals surface area contributed by atoms with Gasteiger partial charge in [0.2, 0.25) is 5.95 Å². The highest BCUT2D eigenvalue weighted by Gasteiger charge is 2.09. The molecule has 9 heteroatoms. The smallest absolute Gasteiger partial charge is 0.279 e. The first-order valence-corrected chi connectivity index (χ1v) is 8.84. The van der Waals surface area contributed by atoms with Crippen LogP contribution in [-0.4, -0.2) is 33.1 Å². The Hall–Kier alpha value is -3.20. The lowest BCUT2D eigenvalue weighted by molar-refractivity contribution is 0.317. The summed E-state index contributed by atoms with van der Waals surface area (Å²) >= 11 is 3.26. The van der Waals surface area contributed by atoms with E-state index >= 15 is 0 Å². The van der Waals surface area contributed by atoms with Crippen LogP contribution in [0.4, 0.5) is 5.95 Å². The number of nitrogens with zero attached hydrogens (tertiary/aromatic N) is 3. The van der Waals surface area contributed by atoms with E-state index in [1.165, 1.54) is 6.21 Å². The summed E-state index contributed by atoms with van der Waals surface area (Å²) in [7, 11) is 0. The van der Waals surface area contributed by atoms with Gasteiger partial charge in [0.05, 0.1) is 17.3 Å². The average Bonchev–Trinajstić information content (AvgIpc) is 2.67. The Labute approximate surface area is 163 Å². The van der Waals surface area contributed by atoms with E-state index in [0.29, 0.717) is 28.0 Å². The summed E-state index contributed by atoms with van der Waals surface area (Å²) in [6, 6.07) is 12.4. The third kappa shape index (κ3) is 4.50. The molecule has 0 unspecified atom stereocenters. The van der Waals surface area contributed by atoms with Crippen LogP contribution >= 0.6 is 15.9 Å². The number of phenolic OH excluding ortho intramolecular Hbond substituents is 1. The van der Waals surface area contributed by atoms with Crippen LogP contribution in [0.1, 0.15) is 12.5 Å². The SMILES string of the molecule is CCOc1cc(/C=N/Nc2nnc(-c3ccccc3)c(=O)[nH]2)cc(Br)c1O. The third-order valence-corrected chi connectivity index (χ3v) is 4.08. The Morgan fingerprint density at radius 1 is 1.30 bits per heavy atom. The Morgan fingerprint density at radius 3 is 2.78 bits per heavy atom. The molecule has 0 saturated heterocycles. The Bertz CT molecular complexity index is 1020. The molecule has 138 valence electrons. The molecule has 0 saturated carbocycles. The maximum Gasteiger partial charge on any atom is 0.279 e. The maximum absolute atomic E-state index is 12.2. The first-order valence-electron chi connectivity index (χ1n) is 8.05. The largest absolute Gasteiger partial charge is 0.503 e. The van der Waals surface area contributed by atoms with Gasteiger partial charge >= 0.3 is 0 Å². The number of rotatable bonds is 6. The molecule has 3 N–H and O–H groups in total. The predicted molar refractivity (Wildman–Crippen MR) is 106 cm³/mol. The van der Waals surface area contributed by atoms with Gasteiger partial charge in [0.1, 0.15) is 0 Å². The van der Waals surface area contributed by atoms with E-state index in [-0.39, 0.29) is 23.0 Å². The first-order chi connectivity index (χ1) is 13.1. The van der Waals surface area contributed by atoms with Crippen molar-refractivity contribution in [2.24, 2.45) is 5.10 Å². The molecule has 0 aliphatic rings. The summed E-state index contributed by atoms with van der Waals surface area (Å²) in [5.41, 5.74) is 3.83. The Balaban J connectivity index is 1.75. The van der Waals surface area contributed by atoms with Crippen molar-refractivity contribution >= 4 is 28.1 Å². The molecule has 0 atom stereocenters. The highest BCUT2D eigenvalue weighted by atomic mass is 79.9. The van der Waals surface area contributed by atoms with Gasteiger partial charge < -0.3 is 9.84 Å². The van der Waals surface area contributed by atoms with Gasteiger partial charge in [-0.1, -0.05) is 30.3 Å². The van der Waals surface area contributed by atoms with Crippen molar-refractivity contribution < 1.29 is 9.84 Å². The number of phenols is 1. The van der Waals surface area contributed by atoms with E-state index in [4.69, 9.17) is 4.74 Å². The summed E-state index contributed by atoms with van der Waals surface area (Å²) in [6.45, 7) is 2.24. The Kier molecular flexibility index (Phi) is 5.82. The number of H-pyrrole nitrogens is 1. The van der Waals surface area contributed by atoms with Gasteiger partial charge in [-0.15, -0.1) is 10.2 Å². The highest BCUT2D eigenvalue weighted by Crippen LogP contribution is 2.35. The number of nitrogens with one attached hydrogen (secondary N) is 2. The first kappa shape index (κ1) is 18.6. The second-order valence-electron chi connectivity index (χ2n) is 5.37. The molecular formula is C18H16BrN5O3. The highest BCUT2D eigenvalue weighted by molar-refractivity contribution is 9.10. The quantitative estimate of drug-likeness (QED) is 0.409. The minimum absolute atomic E-state index is 0.0219. The summed E-state index contributed by atoms with van der Waals surface area (Å²) in [4.78, 5) is 14.8. The molecule has 0 bridgehead atoms. The van der Waals surface area contributed by atoms with Crippen LogP contribution in [0.3, 0.4) is 0 Å². The standard InChI is InChI=1S/C18H16BrN5O3/c1-2-27-14-9-11(8-13(19)16(14)25)10-20-23-18-21-17(26)15(22-24-18)12-6-4-3-5-7-12/h3-10,25H,2H2,1H3,(H2,21,23,24,26)/b20-10+. The van der Waals surface area contributed by atoms with E-state index in [2.05, 4.69) is 41.6 Å². The van der Waals surface area contributed by atoms with Crippen molar-refractivity contribution in [1.29, 1.82) is 0 Å². The van der Waals surface area contributed by atoms with Crippen LogP contribution in [-0.2, 0) is 0 Å². The van der Waals surface area contributed by atoms with Gasteiger partial charge in [-0.25, -0.2) is 5.43 Å². The predicted octanol–water partition coefficient (Wildman–Crippen LogP) is 3.14. The molecule has 3 aromatic rings. The molecule has 0 spiro atoms. The maximum atomic E-state index is 12.2. The number of aromatic nitrogens is 3. The molecule has 27 heavy (non-hydrogen) atoms. The van der Waals surface area contributed by atoms with E-state index < -0.39 is 0 Å². The number of hydrogen-bond donors (Lipinski definition) is 3. The lowest BCUT2D eigenvalue weighted by atomic mass is 10.2. The monoisotopic (exact) mass is 429 g/mol. The number of benzene rings is 2. The third-order valence-electron chi connectivity index (χ3n) is 3.48. The summed E-state index contributed by atoms with van der Waals surface area (Å²) in [5.74, 6) is 0.473. The number of aromatic hydroxyl groups is 1. The lowest BCUT2D eigenvalue weighted by Crippen LogP contribution is -2.15. The molecule has 0 aliphatic heterocycles. The van der Waals surface area contributed by atoms with Crippen LogP contribution in [0.15, 0.2) is 56.8 Å². The van der Waals surface area contributed by atoms with Crippen molar-refractivity contribution in [2.45, 2.75) is 6.92 Å². The molecule has 1 aromatic heterocycles. The number of anilines is 1. The van der Waals surface area contributed by atoms with Crippen molar-refractivity contribution in [3.8, 4) is 22.8 Å². The van der Waals surface area contributed by atoms with Gasteiger partial charge in [-0.3, -0.25) is 9.78 Å². The zero-order valence-corrected chi connectivity index (χ0v) is 15.9. The number of halogens is 1. The average molecular weight is 430 g/mol. The van der Waals surface area contributed by atoms with Crippen molar-refractivity contribution in [2.75, 3.05) is 12.0 Å². The molecule has 0 amide bonds. The lowest BCUT2D eigenvalue weighted by Gasteiger charge is -2.08. The summed E-state index contributed by atoms with van der Waals surface area (Å²) < 4.78 is 5.84.